The normalized spacial score (nSPS) is 18.6. The first-order valence-corrected chi connectivity index (χ1v) is 13.7. The molecule has 0 aromatic heterocycles. The van der Waals surface area contributed by atoms with Crippen molar-refractivity contribution in [3.8, 4) is 0 Å². The fourth-order valence-electron chi connectivity index (χ4n) is 2.90. The van der Waals surface area contributed by atoms with Crippen molar-refractivity contribution in [1.82, 2.24) is 0 Å². The van der Waals surface area contributed by atoms with Gasteiger partial charge in [0.1, 0.15) is 0 Å². The molecule has 0 heterocycles. The van der Waals surface area contributed by atoms with E-state index in [4.69, 9.17) is 0 Å². The zero-order chi connectivity index (χ0) is 14.9. The monoisotopic (exact) mass is 319 g/mol. The maximum atomic E-state index is 3.95. The standard InChI is InChI=1S/C9H13.C6H6N.C2H6Si.Ti/c1-6-5-7(2)9(4)8(6)3;7-6-4-2-1-3-5-6;1-3-2;/h6H,1-4H3;1-5,7H;1-2H3;/q;-1;;+1. The van der Waals surface area contributed by atoms with E-state index in [0.29, 0.717) is 5.92 Å². The summed E-state index contributed by atoms with van der Waals surface area (Å²) in [5.41, 5.74) is 6.01. The van der Waals surface area contributed by atoms with Crippen LogP contribution in [0.5, 0.6) is 0 Å². The Hall–Kier alpha value is -0.569. The van der Waals surface area contributed by atoms with Gasteiger partial charge in [-0.3, -0.25) is 0 Å². The van der Waals surface area contributed by atoms with Crippen molar-refractivity contribution in [3.05, 3.63) is 50.9 Å². The Morgan fingerprint density at radius 1 is 1.00 bits per heavy atom. The van der Waals surface area contributed by atoms with E-state index in [1.807, 2.05) is 0 Å². The Bertz CT molecular complexity index is 607. The SMILES string of the molecule is CC1=C(C)C(C)[C]([Ti]([NH]c2ccccc2)=[Si](C)C)=C1C. The summed E-state index contributed by atoms with van der Waals surface area (Å²) in [5, 5.41) is 0. The van der Waals surface area contributed by atoms with Crippen LogP contribution in [0.1, 0.15) is 27.7 Å². The van der Waals surface area contributed by atoms with E-state index in [1.165, 1.54) is 11.3 Å². The van der Waals surface area contributed by atoms with Crippen molar-refractivity contribution in [1.29, 1.82) is 0 Å². The molecule has 0 bridgehead atoms. The van der Waals surface area contributed by atoms with Crippen LogP contribution in [0.15, 0.2) is 50.9 Å². The molecular weight excluding hydrogens is 294 g/mol. The Kier molecular flexibility index (Phi) is 5.11. The average molecular weight is 319 g/mol. The number of hydrogen-bond acceptors (Lipinski definition) is 1. The van der Waals surface area contributed by atoms with Crippen LogP contribution in [0, 0.1) is 5.92 Å². The molecule has 0 fully saturated rings. The van der Waals surface area contributed by atoms with Gasteiger partial charge in [0.05, 0.1) is 0 Å². The van der Waals surface area contributed by atoms with Crippen molar-refractivity contribution in [2.24, 2.45) is 5.92 Å². The summed E-state index contributed by atoms with van der Waals surface area (Å²) in [5.74, 6) is 0.654. The van der Waals surface area contributed by atoms with Crippen LogP contribution in [-0.4, -0.2) is 6.19 Å². The Labute approximate surface area is 130 Å². The molecule has 0 radical (unpaired) electrons. The Morgan fingerprint density at radius 2 is 1.60 bits per heavy atom. The molecule has 3 heteroatoms. The van der Waals surface area contributed by atoms with Crippen LogP contribution in [0.4, 0.5) is 5.69 Å². The van der Waals surface area contributed by atoms with Crippen LogP contribution < -0.4 is 3.80 Å². The number of rotatable bonds is 3. The van der Waals surface area contributed by atoms with E-state index < -0.39 is 16.9 Å². The molecule has 0 spiro atoms. The molecule has 20 heavy (non-hydrogen) atoms. The number of hydrogen-bond donors (Lipinski definition) is 1. The van der Waals surface area contributed by atoms with Crippen LogP contribution in [0.3, 0.4) is 0 Å². The zero-order valence-electron chi connectivity index (χ0n) is 13.5. The van der Waals surface area contributed by atoms with Crippen molar-refractivity contribution in [2.75, 3.05) is 3.80 Å². The van der Waals surface area contributed by atoms with Crippen molar-refractivity contribution in [2.45, 2.75) is 40.8 Å². The molecule has 0 amide bonds. The van der Waals surface area contributed by atoms with Gasteiger partial charge < -0.3 is 0 Å². The summed E-state index contributed by atoms with van der Waals surface area (Å²) < 4.78 is 5.73. The Morgan fingerprint density at radius 3 is 2.05 bits per heavy atom. The molecule has 0 saturated heterocycles. The number of anilines is 1. The van der Waals surface area contributed by atoms with E-state index in [-0.39, 0.29) is 6.19 Å². The van der Waals surface area contributed by atoms with Gasteiger partial charge in [0.15, 0.2) is 0 Å². The molecule has 2 rings (SSSR count). The molecule has 1 aliphatic carbocycles. The van der Waals surface area contributed by atoms with Crippen LogP contribution in [0.2, 0.25) is 13.1 Å². The van der Waals surface area contributed by atoms with Gasteiger partial charge in [-0.1, -0.05) is 0 Å². The number of benzene rings is 1. The second-order valence-corrected chi connectivity index (χ2v) is 17.1. The molecule has 1 aliphatic rings. The second-order valence-electron chi connectivity index (χ2n) is 5.93. The van der Waals surface area contributed by atoms with Gasteiger partial charge in [0.2, 0.25) is 0 Å². The van der Waals surface area contributed by atoms with E-state index >= 15 is 0 Å². The predicted molar refractivity (Wildman–Crippen MR) is 87.8 cm³/mol. The average Bonchev–Trinajstić information content (AvgIpc) is 2.62. The molecule has 106 valence electrons. The molecule has 1 aromatic rings. The van der Waals surface area contributed by atoms with Gasteiger partial charge in [0, 0.05) is 0 Å². The van der Waals surface area contributed by atoms with Crippen LogP contribution in [-0.2, 0) is 16.9 Å². The summed E-state index contributed by atoms with van der Waals surface area (Å²) in [6.07, 6.45) is -0.294. The van der Waals surface area contributed by atoms with Crippen molar-refractivity contribution in [3.63, 3.8) is 0 Å². The van der Waals surface area contributed by atoms with Gasteiger partial charge in [-0.05, 0) is 0 Å². The summed E-state index contributed by atoms with van der Waals surface area (Å²) in [4.78, 5) is 0. The molecular formula is C17H25NSiTi. The van der Waals surface area contributed by atoms with E-state index in [1.54, 1.807) is 15.0 Å². The maximum absolute atomic E-state index is 3.95. The predicted octanol–water partition coefficient (Wildman–Crippen LogP) is 5.14. The molecule has 1 N–H and O–H groups in total. The number of allylic oxidation sites excluding steroid dienone is 4. The van der Waals surface area contributed by atoms with Gasteiger partial charge in [-0.2, -0.15) is 0 Å². The van der Waals surface area contributed by atoms with E-state index in [0.717, 1.165) is 0 Å². The summed E-state index contributed by atoms with van der Waals surface area (Å²) in [7, 11) is 0. The van der Waals surface area contributed by atoms with Gasteiger partial charge in [-0.15, -0.1) is 0 Å². The van der Waals surface area contributed by atoms with Gasteiger partial charge in [-0.25, -0.2) is 0 Å². The molecule has 1 atom stereocenters. The minimum absolute atomic E-state index is 0.294. The second kappa shape index (κ2) is 6.47. The minimum atomic E-state index is -1.41. The molecule has 1 aromatic carbocycles. The van der Waals surface area contributed by atoms with Gasteiger partial charge >= 0.3 is 130 Å². The number of para-hydroxylation sites is 1. The van der Waals surface area contributed by atoms with Crippen LogP contribution in [0.25, 0.3) is 0 Å². The first kappa shape index (κ1) is 15.8. The van der Waals surface area contributed by atoms with Gasteiger partial charge in [0.25, 0.3) is 0 Å². The summed E-state index contributed by atoms with van der Waals surface area (Å²) in [6.45, 7) is 14.3. The quantitative estimate of drug-likeness (QED) is 0.760. The summed E-state index contributed by atoms with van der Waals surface area (Å²) >= 11 is -1.41. The first-order chi connectivity index (χ1) is 9.43. The molecule has 0 aliphatic heterocycles. The third-order valence-electron chi connectivity index (χ3n) is 4.45. The fraction of sp³-hybridized carbons (Fsp3) is 0.412. The van der Waals surface area contributed by atoms with Crippen molar-refractivity contribution < 1.29 is 16.9 Å². The van der Waals surface area contributed by atoms with E-state index in [2.05, 4.69) is 74.9 Å². The first-order valence-electron chi connectivity index (χ1n) is 7.32. The number of nitrogens with one attached hydrogen (secondary N) is 1. The molecule has 0 saturated carbocycles. The molecule has 1 nitrogen and oxygen atoms in total. The van der Waals surface area contributed by atoms with Crippen LogP contribution >= 0.6 is 0 Å². The topological polar surface area (TPSA) is 12.0 Å². The third-order valence-corrected chi connectivity index (χ3v) is 14.7. The van der Waals surface area contributed by atoms with E-state index in [9.17, 15) is 0 Å². The molecule has 1 unspecified atom stereocenters. The Balaban J connectivity index is 2.41. The zero-order valence-corrected chi connectivity index (χ0v) is 16.0. The van der Waals surface area contributed by atoms with Crippen molar-refractivity contribution >= 4 is 11.9 Å². The third kappa shape index (κ3) is 3.03. The summed E-state index contributed by atoms with van der Waals surface area (Å²) in [6, 6.07) is 10.8. The fourth-order valence-corrected chi connectivity index (χ4v) is 12.5.